The summed E-state index contributed by atoms with van der Waals surface area (Å²) in [5.74, 6) is 0.976. The number of methoxy groups -OCH3 is 1. The van der Waals surface area contributed by atoms with Crippen LogP contribution in [0.2, 0.25) is 5.02 Å². The van der Waals surface area contributed by atoms with Crippen molar-refractivity contribution in [1.82, 2.24) is 0 Å². The predicted molar refractivity (Wildman–Crippen MR) is 76.8 cm³/mol. The van der Waals surface area contributed by atoms with Gasteiger partial charge in [-0.1, -0.05) is 11.6 Å². The highest BCUT2D eigenvalue weighted by atomic mass is 35.5. The molecule has 2 rings (SSSR count). The quantitative estimate of drug-likeness (QED) is 0.907. The fourth-order valence-electron chi connectivity index (χ4n) is 3.01. The van der Waals surface area contributed by atoms with Crippen molar-refractivity contribution in [3.05, 3.63) is 27.3 Å². The molecule has 0 saturated heterocycles. The minimum Gasteiger partial charge on any atom is -0.496 e. The Balaban J connectivity index is 2.74. The van der Waals surface area contributed by atoms with Gasteiger partial charge < -0.3 is 10.5 Å². The molecule has 2 N–H and O–H groups in total. The summed E-state index contributed by atoms with van der Waals surface area (Å²) < 4.78 is 5.66. The lowest BCUT2D eigenvalue weighted by molar-refractivity contribution is 0.394. The molecule has 1 aromatic carbocycles. The van der Waals surface area contributed by atoms with Crippen LogP contribution in [0.15, 0.2) is 0 Å². The molecule has 1 unspecified atom stereocenters. The van der Waals surface area contributed by atoms with E-state index in [2.05, 4.69) is 20.8 Å². The van der Waals surface area contributed by atoms with Gasteiger partial charge in [0.15, 0.2) is 0 Å². The van der Waals surface area contributed by atoms with Gasteiger partial charge in [0.05, 0.1) is 7.11 Å². The van der Waals surface area contributed by atoms with Crippen molar-refractivity contribution >= 4 is 11.6 Å². The van der Waals surface area contributed by atoms with Crippen LogP contribution in [0, 0.1) is 20.8 Å². The van der Waals surface area contributed by atoms with Crippen LogP contribution >= 0.6 is 11.6 Å². The van der Waals surface area contributed by atoms with Gasteiger partial charge in [0.2, 0.25) is 0 Å². The van der Waals surface area contributed by atoms with Crippen molar-refractivity contribution in [1.29, 1.82) is 0 Å². The predicted octanol–water partition coefficient (Wildman–Crippen LogP) is 3.65. The van der Waals surface area contributed by atoms with Crippen LogP contribution in [-0.2, 0) is 5.41 Å². The number of benzene rings is 1. The van der Waals surface area contributed by atoms with E-state index in [1.165, 1.54) is 5.56 Å². The maximum atomic E-state index is 6.46. The summed E-state index contributed by atoms with van der Waals surface area (Å²) in [5, 5.41) is 0.857. The van der Waals surface area contributed by atoms with Crippen LogP contribution in [0.5, 0.6) is 5.75 Å². The van der Waals surface area contributed by atoms with Gasteiger partial charge in [0.1, 0.15) is 5.75 Å². The van der Waals surface area contributed by atoms with Gasteiger partial charge in [-0.25, -0.2) is 0 Å². The smallest absolute Gasteiger partial charge is 0.126 e. The lowest BCUT2D eigenvalue weighted by atomic mass is 9.83. The van der Waals surface area contributed by atoms with Gasteiger partial charge in [-0.15, -0.1) is 0 Å². The summed E-state index contributed by atoms with van der Waals surface area (Å²) >= 11 is 6.46. The number of nitrogens with two attached hydrogens (primary N) is 1. The Bertz CT molecular complexity index is 490. The van der Waals surface area contributed by atoms with Gasteiger partial charge in [-0.3, -0.25) is 0 Å². The molecule has 0 spiro atoms. The molecule has 0 aliphatic heterocycles. The van der Waals surface area contributed by atoms with Crippen molar-refractivity contribution in [2.24, 2.45) is 5.73 Å². The van der Waals surface area contributed by atoms with Gasteiger partial charge in [-0.2, -0.15) is 0 Å². The first-order chi connectivity index (χ1) is 8.36. The zero-order valence-electron chi connectivity index (χ0n) is 11.9. The molecule has 3 heteroatoms. The summed E-state index contributed by atoms with van der Waals surface area (Å²) in [6.45, 7) is 8.27. The fraction of sp³-hybridized carbons (Fsp3) is 0.600. The van der Waals surface area contributed by atoms with Crippen LogP contribution in [0.3, 0.4) is 0 Å². The Kier molecular flexibility index (Phi) is 3.37. The fourth-order valence-corrected chi connectivity index (χ4v) is 3.24. The number of ether oxygens (including phenoxy) is 1. The third-order valence-corrected chi connectivity index (χ3v) is 5.09. The van der Waals surface area contributed by atoms with Crippen LogP contribution in [-0.4, -0.2) is 13.2 Å². The Morgan fingerprint density at radius 2 is 1.72 bits per heavy atom. The van der Waals surface area contributed by atoms with E-state index >= 15 is 0 Å². The molecule has 18 heavy (non-hydrogen) atoms. The second-order valence-corrected chi connectivity index (χ2v) is 5.92. The highest BCUT2D eigenvalue weighted by Gasteiger charge is 2.50. The summed E-state index contributed by atoms with van der Waals surface area (Å²) in [4.78, 5) is 0. The minimum absolute atomic E-state index is 0.0670. The van der Waals surface area contributed by atoms with Gasteiger partial charge in [-0.05, 0) is 57.2 Å². The first-order valence-electron chi connectivity index (χ1n) is 6.46. The molecule has 1 aliphatic carbocycles. The van der Waals surface area contributed by atoms with Crippen LogP contribution in [0.4, 0.5) is 0 Å². The third kappa shape index (κ3) is 1.74. The van der Waals surface area contributed by atoms with E-state index < -0.39 is 0 Å². The lowest BCUT2D eigenvalue weighted by Crippen LogP contribution is -2.33. The molecule has 1 saturated carbocycles. The molecule has 2 nitrogen and oxygen atoms in total. The molecule has 1 aliphatic rings. The van der Waals surface area contributed by atoms with Crippen molar-refractivity contribution in [3.8, 4) is 5.75 Å². The molecular formula is C15H22ClNO. The third-order valence-electron chi connectivity index (χ3n) is 4.53. The maximum Gasteiger partial charge on any atom is 0.126 e. The number of rotatable bonds is 3. The second-order valence-electron chi connectivity index (χ2n) is 5.54. The summed E-state index contributed by atoms with van der Waals surface area (Å²) in [6.07, 6.45) is 2.25. The zero-order valence-corrected chi connectivity index (χ0v) is 12.6. The first kappa shape index (κ1) is 13.7. The average molecular weight is 268 g/mol. The number of hydrogen-bond acceptors (Lipinski definition) is 2. The van der Waals surface area contributed by atoms with Crippen molar-refractivity contribution < 1.29 is 4.74 Å². The Hall–Kier alpha value is -0.730. The Morgan fingerprint density at radius 1 is 1.17 bits per heavy atom. The molecule has 0 bridgehead atoms. The normalized spacial score (nSPS) is 18.6. The molecule has 100 valence electrons. The monoisotopic (exact) mass is 267 g/mol. The second kappa shape index (κ2) is 4.43. The van der Waals surface area contributed by atoms with Gasteiger partial charge >= 0.3 is 0 Å². The number of halogens is 1. The topological polar surface area (TPSA) is 35.2 Å². The van der Waals surface area contributed by atoms with Gasteiger partial charge in [0.25, 0.3) is 0 Å². The Morgan fingerprint density at radius 3 is 2.11 bits per heavy atom. The first-order valence-corrected chi connectivity index (χ1v) is 6.84. The molecule has 1 fully saturated rings. The number of hydrogen-bond donors (Lipinski definition) is 1. The largest absolute Gasteiger partial charge is 0.496 e. The lowest BCUT2D eigenvalue weighted by Gasteiger charge is -2.27. The maximum absolute atomic E-state index is 6.46. The standard InChI is InChI=1S/C15H22ClNO/c1-8-9(2)14(18-5)12(10(3)13(8)16)15(6-7-15)11(4)17/h11H,6-7,17H2,1-5H3. The molecule has 1 atom stereocenters. The molecule has 0 radical (unpaired) electrons. The molecule has 0 amide bonds. The highest BCUT2D eigenvalue weighted by Crippen LogP contribution is 2.56. The van der Waals surface area contributed by atoms with E-state index in [4.69, 9.17) is 22.1 Å². The van der Waals surface area contributed by atoms with Crippen molar-refractivity contribution in [2.75, 3.05) is 7.11 Å². The molecular weight excluding hydrogens is 246 g/mol. The van der Waals surface area contributed by atoms with E-state index in [-0.39, 0.29) is 11.5 Å². The molecule has 0 heterocycles. The van der Waals surface area contributed by atoms with Crippen LogP contribution < -0.4 is 10.5 Å². The van der Waals surface area contributed by atoms with E-state index in [0.717, 1.165) is 40.3 Å². The van der Waals surface area contributed by atoms with E-state index in [0.29, 0.717) is 0 Å². The van der Waals surface area contributed by atoms with Gasteiger partial charge in [0, 0.05) is 22.0 Å². The van der Waals surface area contributed by atoms with E-state index in [1.807, 2.05) is 6.92 Å². The van der Waals surface area contributed by atoms with Crippen molar-refractivity contribution in [2.45, 2.75) is 52.0 Å². The summed E-state index contributed by atoms with van der Waals surface area (Å²) in [6, 6.07) is 0.128. The van der Waals surface area contributed by atoms with Crippen LogP contribution in [0.1, 0.15) is 42.0 Å². The minimum atomic E-state index is 0.0670. The zero-order chi connectivity index (χ0) is 13.7. The molecule has 0 aromatic heterocycles. The Labute approximate surface area is 114 Å². The van der Waals surface area contributed by atoms with Crippen LogP contribution in [0.25, 0.3) is 0 Å². The average Bonchev–Trinajstić information content (AvgIpc) is 3.12. The van der Waals surface area contributed by atoms with E-state index in [1.54, 1.807) is 7.11 Å². The SMILES string of the molecule is COc1c(C)c(C)c(Cl)c(C)c1C1(C(C)N)CC1. The summed E-state index contributed by atoms with van der Waals surface area (Å²) in [7, 11) is 1.73. The van der Waals surface area contributed by atoms with Crippen molar-refractivity contribution in [3.63, 3.8) is 0 Å². The molecule has 1 aromatic rings. The van der Waals surface area contributed by atoms with E-state index in [9.17, 15) is 0 Å². The highest BCUT2D eigenvalue weighted by molar-refractivity contribution is 6.32. The summed E-state index contributed by atoms with van der Waals surface area (Å²) in [5.41, 5.74) is 10.9.